The van der Waals surface area contributed by atoms with Gasteiger partial charge < -0.3 is 9.52 Å². The minimum atomic E-state index is 0.175. The lowest BCUT2D eigenvalue weighted by Crippen LogP contribution is -1.92. The molecule has 1 atom stereocenters. The number of nitrogens with zero attached hydrogens (tertiary/aromatic N) is 2. The molecule has 36 heavy (non-hydrogen) atoms. The molecule has 0 aliphatic carbocycles. The third-order valence-electron chi connectivity index (χ3n) is 6.48. The van der Waals surface area contributed by atoms with E-state index in [4.69, 9.17) is 21.0 Å². The summed E-state index contributed by atoms with van der Waals surface area (Å²) in [7, 11) is 0. The number of aromatic hydroxyl groups is 1. The van der Waals surface area contributed by atoms with Crippen molar-refractivity contribution >= 4 is 34.6 Å². The Morgan fingerprint density at radius 1 is 1.00 bits per heavy atom. The Morgan fingerprint density at radius 2 is 1.86 bits per heavy atom. The van der Waals surface area contributed by atoms with Crippen LogP contribution in [0.2, 0.25) is 5.02 Å². The number of aliphatic imine (C=N–C) groups is 1. The molecule has 0 radical (unpaired) electrons. The summed E-state index contributed by atoms with van der Waals surface area (Å²) in [5, 5.41) is 11.1. The Bertz CT molecular complexity index is 1550. The van der Waals surface area contributed by atoms with Gasteiger partial charge in [0, 0.05) is 22.4 Å². The summed E-state index contributed by atoms with van der Waals surface area (Å²) in [4.78, 5) is 9.33. The Hall–Kier alpha value is -3.89. The van der Waals surface area contributed by atoms with Crippen molar-refractivity contribution in [3.05, 3.63) is 112 Å². The van der Waals surface area contributed by atoms with Crippen molar-refractivity contribution in [2.45, 2.75) is 32.6 Å². The first-order valence-corrected chi connectivity index (χ1v) is 12.5. The first kappa shape index (κ1) is 23.8. The van der Waals surface area contributed by atoms with Gasteiger partial charge >= 0.3 is 0 Å². The largest absolute Gasteiger partial charge is 0.507 e. The van der Waals surface area contributed by atoms with Gasteiger partial charge in [-0.2, -0.15) is 0 Å². The van der Waals surface area contributed by atoms with Crippen molar-refractivity contribution in [2.75, 3.05) is 0 Å². The zero-order valence-corrected chi connectivity index (χ0v) is 21.0. The molecule has 1 N–H and O–H groups in total. The molecule has 0 spiro atoms. The molecule has 0 aliphatic rings. The Morgan fingerprint density at radius 3 is 2.69 bits per heavy atom. The van der Waals surface area contributed by atoms with Gasteiger partial charge in [0.05, 0.1) is 5.69 Å². The van der Waals surface area contributed by atoms with E-state index in [2.05, 4.69) is 31.0 Å². The monoisotopic (exact) mass is 494 g/mol. The summed E-state index contributed by atoms with van der Waals surface area (Å²) < 4.78 is 6.03. The summed E-state index contributed by atoms with van der Waals surface area (Å²) in [6, 6.07) is 27.2. The van der Waals surface area contributed by atoms with Crippen LogP contribution in [0.3, 0.4) is 0 Å². The van der Waals surface area contributed by atoms with Gasteiger partial charge in [0.25, 0.3) is 0 Å². The van der Waals surface area contributed by atoms with Crippen LogP contribution in [0.25, 0.3) is 22.6 Å². The van der Waals surface area contributed by atoms with Crippen LogP contribution in [-0.4, -0.2) is 16.3 Å². The van der Waals surface area contributed by atoms with Crippen molar-refractivity contribution in [3.8, 4) is 17.2 Å². The molecule has 5 heteroatoms. The SMILES string of the molecule is CC[C@H](C)c1ccc2oc(-c3cccc(N=Cc4cc(Cc5ccccc5Cl)ccc4O)c3)nc2c1. The van der Waals surface area contributed by atoms with Crippen LogP contribution in [0.1, 0.15) is 48.4 Å². The Labute approximate surface area is 215 Å². The third kappa shape index (κ3) is 5.19. The number of aromatic nitrogens is 1. The quantitative estimate of drug-likeness (QED) is 0.230. The van der Waals surface area contributed by atoms with Crippen molar-refractivity contribution < 1.29 is 9.52 Å². The molecule has 5 rings (SSSR count). The molecule has 0 saturated carbocycles. The van der Waals surface area contributed by atoms with Gasteiger partial charge in [0.15, 0.2) is 5.58 Å². The molecule has 0 unspecified atom stereocenters. The van der Waals surface area contributed by atoms with E-state index in [0.29, 0.717) is 23.8 Å². The van der Waals surface area contributed by atoms with E-state index in [1.165, 1.54) is 5.56 Å². The van der Waals surface area contributed by atoms with Gasteiger partial charge in [-0.3, -0.25) is 4.99 Å². The summed E-state index contributed by atoms with van der Waals surface area (Å²) in [5.41, 5.74) is 7.20. The fourth-order valence-corrected chi connectivity index (χ4v) is 4.36. The van der Waals surface area contributed by atoms with Crippen LogP contribution in [0.15, 0.2) is 94.3 Å². The average molecular weight is 495 g/mol. The van der Waals surface area contributed by atoms with E-state index in [1.54, 1.807) is 12.3 Å². The van der Waals surface area contributed by atoms with Crippen LogP contribution in [0, 0.1) is 0 Å². The lowest BCUT2D eigenvalue weighted by Gasteiger charge is -2.07. The standard InChI is InChI=1S/C31H27ClN2O2/c1-3-20(2)22-12-14-30-28(18-22)34-31(36-30)24-8-6-9-26(17-24)33-19-25-16-21(11-13-29(25)35)15-23-7-4-5-10-27(23)32/h4-14,16-20,35H,3,15H2,1-2H3/t20-/m0/s1. The number of hydrogen-bond donors (Lipinski definition) is 1. The normalized spacial score (nSPS) is 12.4. The fraction of sp³-hybridized carbons (Fsp3) is 0.161. The number of fused-ring (bicyclic) bond motifs is 1. The maximum Gasteiger partial charge on any atom is 0.227 e. The van der Waals surface area contributed by atoms with Gasteiger partial charge in [-0.05, 0) is 84.0 Å². The number of halogens is 1. The van der Waals surface area contributed by atoms with Crippen LogP contribution in [0.4, 0.5) is 5.69 Å². The topological polar surface area (TPSA) is 58.6 Å². The second kappa shape index (κ2) is 10.4. The number of phenolic OH excluding ortho intramolecular Hbond substituents is 1. The van der Waals surface area contributed by atoms with E-state index in [0.717, 1.165) is 44.9 Å². The molecule has 0 aliphatic heterocycles. The maximum atomic E-state index is 10.4. The first-order chi connectivity index (χ1) is 17.5. The molecule has 0 amide bonds. The second-order valence-electron chi connectivity index (χ2n) is 9.03. The van der Waals surface area contributed by atoms with E-state index in [1.807, 2.05) is 66.7 Å². The summed E-state index contributed by atoms with van der Waals surface area (Å²) in [6.07, 6.45) is 3.43. The Kier molecular flexibility index (Phi) is 6.88. The predicted molar refractivity (Wildman–Crippen MR) is 148 cm³/mol. The average Bonchev–Trinajstić information content (AvgIpc) is 3.33. The predicted octanol–water partition coefficient (Wildman–Crippen LogP) is 8.71. The highest BCUT2D eigenvalue weighted by Crippen LogP contribution is 2.30. The third-order valence-corrected chi connectivity index (χ3v) is 6.85. The second-order valence-corrected chi connectivity index (χ2v) is 9.43. The van der Waals surface area contributed by atoms with Gasteiger partial charge in [0.2, 0.25) is 5.89 Å². The van der Waals surface area contributed by atoms with Crippen molar-refractivity contribution in [3.63, 3.8) is 0 Å². The lowest BCUT2D eigenvalue weighted by atomic mass is 9.98. The number of rotatable bonds is 7. The molecule has 5 aromatic rings. The minimum absolute atomic E-state index is 0.175. The number of benzene rings is 4. The molecular weight excluding hydrogens is 468 g/mol. The molecule has 1 aromatic heterocycles. The van der Waals surface area contributed by atoms with Crippen LogP contribution in [-0.2, 0) is 6.42 Å². The van der Waals surface area contributed by atoms with Crippen LogP contribution in [0.5, 0.6) is 5.75 Å². The van der Waals surface area contributed by atoms with Gasteiger partial charge in [-0.1, -0.05) is 61.8 Å². The van der Waals surface area contributed by atoms with Crippen molar-refractivity contribution in [1.29, 1.82) is 0 Å². The minimum Gasteiger partial charge on any atom is -0.507 e. The van der Waals surface area contributed by atoms with Gasteiger partial charge in [-0.25, -0.2) is 4.98 Å². The Balaban J connectivity index is 1.39. The maximum absolute atomic E-state index is 10.4. The highest BCUT2D eigenvalue weighted by Gasteiger charge is 2.11. The molecule has 1 heterocycles. The van der Waals surface area contributed by atoms with E-state index < -0.39 is 0 Å². The summed E-state index contributed by atoms with van der Waals surface area (Å²) in [5.74, 6) is 1.22. The lowest BCUT2D eigenvalue weighted by molar-refractivity contribution is 0.474. The fourth-order valence-electron chi connectivity index (χ4n) is 4.15. The molecule has 0 saturated heterocycles. The van der Waals surface area contributed by atoms with Crippen molar-refractivity contribution in [2.24, 2.45) is 4.99 Å². The molecular formula is C31H27ClN2O2. The van der Waals surface area contributed by atoms with Gasteiger partial charge in [0.1, 0.15) is 11.3 Å². The molecule has 0 fully saturated rings. The smallest absolute Gasteiger partial charge is 0.227 e. The molecule has 4 nitrogen and oxygen atoms in total. The molecule has 0 bridgehead atoms. The summed E-state index contributed by atoms with van der Waals surface area (Å²) in [6.45, 7) is 4.40. The first-order valence-electron chi connectivity index (χ1n) is 12.1. The highest BCUT2D eigenvalue weighted by atomic mass is 35.5. The van der Waals surface area contributed by atoms with E-state index in [9.17, 15) is 5.11 Å². The number of phenols is 1. The molecule has 4 aromatic carbocycles. The van der Waals surface area contributed by atoms with Crippen LogP contribution >= 0.6 is 11.6 Å². The summed E-state index contributed by atoms with van der Waals surface area (Å²) >= 11 is 6.32. The van der Waals surface area contributed by atoms with E-state index in [-0.39, 0.29) is 5.75 Å². The zero-order valence-electron chi connectivity index (χ0n) is 20.3. The molecule has 180 valence electrons. The van der Waals surface area contributed by atoms with E-state index >= 15 is 0 Å². The zero-order chi connectivity index (χ0) is 25.1. The van der Waals surface area contributed by atoms with Gasteiger partial charge in [-0.15, -0.1) is 0 Å². The highest BCUT2D eigenvalue weighted by molar-refractivity contribution is 6.31. The number of oxazole rings is 1. The van der Waals surface area contributed by atoms with Crippen LogP contribution < -0.4 is 0 Å². The number of hydrogen-bond acceptors (Lipinski definition) is 4. The van der Waals surface area contributed by atoms with Crippen molar-refractivity contribution in [1.82, 2.24) is 4.98 Å².